The van der Waals surface area contributed by atoms with Crippen molar-refractivity contribution in [3.63, 3.8) is 0 Å². The Labute approximate surface area is 122 Å². The first-order chi connectivity index (χ1) is 8.65. The Morgan fingerprint density at radius 3 is 2.61 bits per heavy atom. The number of benzene rings is 1. The van der Waals surface area contributed by atoms with Crippen molar-refractivity contribution in [1.29, 1.82) is 0 Å². The minimum absolute atomic E-state index is 0.104. The van der Waals surface area contributed by atoms with Crippen LogP contribution in [-0.4, -0.2) is 6.54 Å². The summed E-state index contributed by atoms with van der Waals surface area (Å²) in [6, 6.07) is 5.89. The minimum atomic E-state index is 0.104. The molecule has 0 aliphatic carbocycles. The number of rotatable bonds is 4. The smallest absolute Gasteiger partial charge is 0.0643 e. The Balaban J connectivity index is 2.48. The molecule has 18 heavy (non-hydrogen) atoms. The standard InChI is InChI=1S/C14H15Cl2NS/c1-3-17-14(11-8-18-7-9(11)2)10-5-4-6-12(15)13(10)16/h4-8,14,17H,3H2,1-2H3. The lowest BCUT2D eigenvalue weighted by atomic mass is 9.98. The van der Waals surface area contributed by atoms with Crippen LogP contribution in [0.3, 0.4) is 0 Å². The summed E-state index contributed by atoms with van der Waals surface area (Å²) in [5, 5.41) is 9.03. The molecule has 0 spiro atoms. The second kappa shape index (κ2) is 6.07. The number of hydrogen-bond acceptors (Lipinski definition) is 2. The van der Waals surface area contributed by atoms with E-state index in [1.165, 1.54) is 11.1 Å². The summed E-state index contributed by atoms with van der Waals surface area (Å²) < 4.78 is 0. The monoisotopic (exact) mass is 299 g/mol. The normalized spacial score (nSPS) is 12.7. The third-order valence-electron chi connectivity index (χ3n) is 2.91. The van der Waals surface area contributed by atoms with Crippen molar-refractivity contribution in [3.8, 4) is 0 Å². The second-order valence-electron chi connectivity index (χ2n) is 4.14. The lowest BCUT2D eigenvalue weighted by molar-refractivity contribution is 0.630. The summed E-state index contributed by atoms with van der Waals surface area (Å²) in [6.45, 7) is 5.09. The zero-order valence-electron chi connectivity index (χ0n) is 10.3. The van der Waals surface area contributed by atoms with Crippen molar-refractivity contribution in [3.05, 3.63) is 55.7 Å². The molecule has 1 nitrogen and oxygen atoms in total. The van der Waals surface area contributed by atoms with E-state index >= 15 is 0 Å². The lowest BCUT2D eigenvalue weighted by Crippen LogP contribution is -2.22. The van der Waals surface area contributed by atoms with Gasteiger partial charge in [-0.25, -0.2) is 0 Å². The quantitative estimate of drug-likeness (QED) is 0.832. The molecule has 96 valence electrons. The van der Waals surface area contributed by atoms with E-state index in [-0.39, 0.29) is 6.04 Å². The Kier molecular flexibility index (Phi) is 4.68. The predicted molar refractivity (Wildman–Crippen MR) is 81.0 cm³/mol. The average Bonchev–Trinajstić information content (AvgIpc) is 2.76. The Morgan fingerprint density at radius 1 is 1.22 bits per heavy atom. The molecule has 1 unspecified atom stereocenters. The lowest BCUT2D eigenvalue weighted by Gasteiger charge is -2.20. The highest BCUT2D eigenvalue weighted by Crippen LogP contribution is 2.35. The maximum atomic E-state index is 6.32. The predicted octanol–water partition coefficient (Wildman–Crippen LogP) is 5.06. The largest absolute Gasteiger partial charge is 0.306 e. The van der Waals surface area contributed by atoms with Crippen molar-refractivity contribution < 1.29 is 0 Å². The van der Waals surface area contributed by atoms with Gasteiger partial charge in [-0.15, -0.1) is 0 Å². The van der Waals surface area contributed by atoms with Crippen LogP contribution in [-0.2, 0) is 0 Å². The molecule has 1 N–H and O–H groups in total. The highest BCUT2D eigenvalue weighted by molar-refractivity contribution is 7.08. The molecule has 0 bridgehead atoms. The van der Waals surface area contributed by atoms with Gasteiger partial charge in [-0.05, 0) is 47.0 Å². The molecule has 0 amide bonds. The first-order valence-electron chi connectivity index (χ1n) is 5.85. The van der Waals surface area contributed by atoms with E-state index in [9.17, 15) is 0 Å². The number of aryl methyl sites for hydroxylation is 1. The fraction of sp³-hybridized carbons (Fsp3) is 0.286. The van der Waals surface area contributed by atoms with Gasteiger partial charge in [0.15, 0.2) is 0 Å². The number of nitrogens with one attached hydrogen (secondary N) is 1. The summed E-state index contributed by atoms with van der Waals surface area (Å²) in [4.78, 5) is 0. The molecule has 0 aliphatic heterocycles. The summed E-state index contributed by atoms with van der Waals surface area (Å²) in [6.07, 6.45) is 0. The molecule has 0 saturated heterocycles. The van der Waals surface area contributed by atoms with Gasteiger partial charge in [-0.2, -0.15) is 11.3 Å². The molecule has 1 heterocycles. The third kappa shape index (κ3) is 2.72. The number of hydrogen-bond donors (Lipinski definition) is 1. The van der Waals surface area contributed by atoms with Crippen molar-refractivity contribution in [2.45, 2.75) is 19.9 Å². The summed E-state index contributed by atoms with van der Waals surface area (Å²) in [7, 11) is 0. The first-order valence-corrected chi connectivity index (χ1v) is 7.55. The van der Waals surface area contributed by atoms with E-state index in [0.717, 1.165) is 12.1 Å². The first kappa shape index (κ1) is 13.9. The van der Waals surface area contributed by atoms with E-state index in [2.05, 4.69) is 29.9 Å². The van der Waals surface area contributed by atoms with Crippen molar-refractivity contribution in [1.82, 2.24) is 5.32 Å². The fourth-order valence-electron chi connectivity index (χ4n) is 2.00. The maximum Gasteiger partial charge on any atom is 0.0643 e. The SMILES string of the molecule is CCNC(c1cscc1C)c1cccc(Cl)c1Cl. The van der Waals surface area contributed by atoms with Gasteiger partial charge in [0, 0.05) is 0 Å². The van der Waals surface area contributed by atoms with Crippen LogP contribution in [0.15, 0.2) is 29.0 Å². The van der Waals surface area contributed by atoms with Gasteiger partial charge in [-0.1, -0.05) is 42.3 Å². The van der Waals surface area contributed by atoms with Gasteiger partial charge >= 0.3 is 0 Å². The minimum Gasteiger partial charge on any atom is -0.306 e. The molecule has 0 fully saturated rings. The second-order valence-corrected chi connectivity index (χ2v) is 5.67. The molecule has 4 heteroatoms. The van der Waals surface area contributed by atoms with Gasteiger partial charge in [0.05, 0.1) is 16.1 Å². The Bertz CT molecular complexity index is 536. The Morgan fingerprint density at radius 2 is 2.00 bits per heavy atom. The zero-order valence-corrected chi connectivity index (χ0v) is 12.7. The summed E-state index contributed by atoms with van der Waals surface area (Å²) >= 11 is 14.1. The van der Waals surface area contributed by atoms with E-state index in [1.807, 2.05) is 18.2 Å². The van der Waals surface area contributed by atoms with Gasteiger partial charge in [0.1, 0.15) is 0 Å². The van der Waals surface area contributed by atoms with Crippen molar-refractivity contribution in [2.24, 2.45) is 0 Å². The van der Waals surface area contributed by atoms with Gasteiger partial charge in [-0.3, -0.25) is 0 Å². The third-order valence-corrected chi connectivity index (χ3v) is 4.62. The molecule has 2 aromatic rings. The number of thiophene rings is 1. The average molecular weight is 300 g/mol. The van der Waals surface area contributed by atoms with E-state index in [0.29, 0.717) is 10.0 Å². The van der Waals surface area contributed by atoms with Crippen molar-refractivity contribution in [2.75, 3.05) is 6.54 Å². The molecule has 1 aromatic heterocycles. The molecule has 1 aromatic carbocycles. The fourth-order valence-corrected chi connectivity index (χ4v) is 3.29. The summed E-state index contributed by atoms with van der Waals surface area (Å²) in [5.74, 6) is 0. The van der Waals surface area contributed by atoms with E-state index < -0.39 is 0 Å². The van der Waals surface area contributed by atoms with Crippen LogP contribution in [0.5, 0.6) is 0 Å². The summed E-state index contributed by atoms with van der Waals surface area (Å²) in [5.41, 5.74) is 3.58. The van der Waals surface area contributed by atoms with E-state index in [4.69, 9.17) is 23.2 Å². The van der Waals surface area contributed by atoms with Crippen LogP contribution < -0.4 is 5.32 Å². The molecule has 1 atom stereocenters. The molecule has 2 rings (SSSR count). The van der Waals surface area contributed by atoms with Crippen LogP contribution in [0, 0.1) is 6.92 Å². The highest BCUT2D eigenvalue weighted by Gasteiger charge is 2.19. The topological polar surface area (TPSA) is 12.0 Å². The van der Waals surface area contributed by atoms with Gasteiger partial charge in [0.25, 0.3) is 0 Å². The molecule has 0 saturated carbocycles. The van der Waals surface area contributed by atoms with Crippen LogP contribution >= 0.6 is 34.5 Å². The van der Waals surface area contributed by atoms with E-state index in [1.54, 1.807) is 11.3 Å². The van der Waals surface area contributed by atoms with Crippen LogP contribution in [0.1, 0.15) is 29.7 Å². The highest BCUT2D eigenvalue weighted by atomic mass is 35.5. The molecular weight excluding hydrogens is 285 g/mol. The van der Waals surface area contributed by atoms with Gasteiger partial charge in [0.2, 0.25) is 0 Å². The molecule has 0 aliphatic rings. The van der Waals surface area contributed by atoms with Crippen LogP contribution in [0.4, 0.5) is 0 Å². The maximum absolute atomic E-state index is 6.32. The van der Waals surface area contributed by atoms with Crippen LogP contribution in [0.25, 0.3) is 0 Å². The molecular formula is C14H15Cl2NS. The van der Waals surface area contributed by atoms with Crippen LogP contribution in [0.2, 0.25) is 10.0 Å². The zero-order chi connectivity index (χ0) is 13.1. The Hall–Kier alpha value is -0.540. The van der Waals surface area contributed by atoms with Gasteiger partial charge < -0.3 is 5.32 Å². The number of halogens is 2. The van der Waals surface area contributed by atoms with Crippen molar-refractivity contribution >= 4 is 34.5 Å². The molecule has 0 radical (unpaired) electrons.